The molecule has 2 aliphatic rings. The van der Waals surface area contributed by atoms with Crippen molar-refractivity contribution in [2.75, 3.05) is 40.3 Å². The third-order valence-corrected chi connectivity index (χ3v) is 4.48. The number of hydrogen-bond acceptors (Lipinski definition) is 3. The average molecular weight is 267 g/mol. The fraction of sp³-hybridized carbons (Fsp3) is 0.933. The molecule has 19 heavy (non-hydrogen) atoms. The first kappa shape index (κ1) is 14.8. The van der Waals surface area contributed by atoms with E-state index in [0.29, 0.717) is 11.9 Å². The molecule has 0 bridgehead atoms. The quantitative estimate of drug-likeness (QED) is 0.816. The number of carbonyl (C=O) groups is 1. The maximum Gasteiger partial charge on any atom is 0.227 e. The second kappa shape index (κ2) is 7.25. The number of hydrogen-bond donors (Lipinski definition) is 1. The van der Waals surface area contributed by atoms with E-state index in [2.05, 4.69) is 29.2 Å². The molecular weight excluding hydrogens is 238 g/mol. The molecule has 0 unspecified atom stereocenters. The van der Waals surface area contributed by atoms with Crippen molar-refractivity contribution in [1.82, 2.24) is 15.1 Å². The Hall–Kier alpha value is -0.610. The van der Waals surface area contributed by atoms with Gasteiger partial charge in [0.1, 0.15) is 0 Å². The number of piperidine rings is 1. The van der Waals surface area contributed by atoms with Gasteiger partial charge in [-0.15, -0.1) is 0 Å². The summed E-state index contributed by atoms with van der Waals surface area (Å²) in [6, 6.07) is 0.509. The fourth-order valence-corrected chi connectivity index (χ4v) is 3.29. The minimum atomic E-state index is 0.219. The van der Waals surface area contributed by atoms with Crippen LogP contribution in [0.25, 0.3) is 0 Å². The number of rotatable bonds is 5. The normalized spacial score (nSPS) is 24.9. The van der Waals surface area contributed by atoms with Crippen molar-refractivity contribution in [2.24, 2.45) is 5.92 Å². The van der Waals surface area contributed by atoms with Gasteiger partial charge in [-0.1, -0.05) is 12.8 Å². The predicted octanol–water partition coefficient (Wildman–Crippen LogP) is 1.32. The number of likely N-dealkylation sites (N-methyl/N-ethyl adjacent to an activating group) is 1. The summed E-state index contributed by atoms with van der Waals surface area (Å²) in [6.07, 6.45) is 7.21. The third kappa shape index (κ3) is 4.18. The molecule has 0 aromatic rings. The van der Waals surface area contributed by atoms with Crippen LogP contribution in [-0.2, 0) is 4.79 Å². The van der Waals surface area contributed by atoms with Gasteiger partial charge in [-0.05, 0) is 46.3 Å². The maximum absolute atomic E-state index is 12.8. The molecule has 1 N–H and O–H groups in total. The highest BCUT2D eigenvalue weighted by molar-refractivity contribution is 5.79. The maximum atomic E-state index is 12.8. The Labute approximate surface area is 117 Å². The third-order valence-electron chi connectivity index (χ3n) is 4.48. The van der Waals surface area contributed by atoms with Crippen LogP contribution in [0.4, 0.5) is 0 Å². The van der Waals surface area contributed by atoms with Crippen molar-refractivity contribution < 1.29 is 4.79 Å². The molecule has 1 saturated heterocycles. The lowest BCUT2D eigenvalue weighted by Gasteiger charge is -2.34. The summed E-state index contributed by atoms with van der Waals surface area (Å²) in [4.78, 5) is 17.1. The summed E-state index contributed by atoms with van der Waals surface area (Å²) in [5.41, 5.74) is 0. The first-order valence-electron chi connectivity index (χ1n) is 7.84. The van der Waals surface area contributed by atoms with Gasteiger partial charge in [0.15, 0.2) is 0 Å². The highest BCUT2D eigenvalue weighted by Crippen LogP contribution is 2.26. The lowest BCUT2D eigenvalue weighted by Crippen LogP contribution is -2.48. The topological polar surface area (TPSA) is 35.6 Å². The van der Waals surface area contributed by atoms with Crippen molar-refractivity contribution in [1.29, 1.82) is 0 Å². The van der Waals surface area contributed by atoms with E-state index < -0.39 is 0 Å². The van der Waals surface area contributed by atoms with Crippen LogP contribution in [0, 0.1) is 5.92 Å². The largest absolute Gasteiger partial charge is 0.338 e. The van der Waals surface area contributed by atoms with E-state index in [4.69, 9.17) is 0 Å². The Morgan fingerprint density at radius 1 is 1.11 bits per heavy atom. The van der Waals surface area contributed by atoms with Gasteiger partial charge in [0.2, 0.25) is 5.91 Å². The standard InChI is InChI=1S/C15H29N3O/c1-17(2)10-11-18(14-7-3-4-8-14)15(19)13-6-5-9-16-12-13/h13-14,16H,3-12H2,1-2H3/t13-/m1/s1. The van der Waals surface area contributed by atoms with Crippen LogP contribution in [0.5, 0.6) is 0 Å². The van der Waals surface area contributed by atoms with Crippen LogP contribution < -0.4 is 5.32 Å². The number of amides is 1. The number of nitrogens with one attached hydrogen (secondary N) is 1. The summed E-state index contributed by atoms with van der Waals surface area (Å²) in [6.45, 7) is 3.82. The first-order chi connectivity index (χ1) is 9.18. The molecule has 4 heteroatoms. The van der Waals surface area contributed by atoms with E-state index in [9.17, 15) is 4.79 Å². The van der Waals surface area contributed by atoms with Gasteiger partial charge < -0.3 is 15.1 Å². The van der Waals surface area contributed by atoms with Gasteiger partial charge in [0, 0.05) is 25.7 Å². The van der Waals surface area contributed by atoms with Gasteiger partial charge >= 0.3 is 0 Å². The summed E-state index contributed by atoms with van der Waals surface area (Å²) < 4.78 is 0. The first-order valence-corrected chi connectivity index (χ1v) is 7.84. The zero-order valence-electron chi connectivity index (χ0n) is 12.5. The number of carbonyl (C=O) groups excluding carboxylic acids is 1. The Kier molecular flexibility index (Phi) is 5.64. The van der Waals surface area contributed by atoms with E-state index in [1.807, 2.05) is 0 Å². The molecule has 1 amide bonds. The van der Waals surface area contributed by atoms with Crippen LogP contribution in [-0.4, -0.2) is 62.0 Å². The molecule has 4 nitrogen and oxygen atoms in total. The van der Waals surface area contributed by atoms with Crippen molar-refractivity contribution in [2.45, 2.75) is 44.6 Å². The molecule has 2 rings (SSSR count). The highest BCUT2D eigenvalue weighted by atomic mass is 16.2. The van der Waals surface area contributed by atoms with Gasteiger partial charge in [-0.3, -0.25) is 4.79 Å². The van der Waals surface area contributed by atoms with Crippen LogP contribution in [0.15, 0.2) is 0 Å². The van der Waals surface area contributed by atoms with Gasteiger partial charge in [-0.25, -0.2) is 0 Å². The van der Waals surface area contributed by atoms with Crippen molar-refractivity contribution in [3.8, 4) is 0 Å². The van der Waals surface area contributed by atoms with Crippen molar-refractivity contribution in [3.05, 3.63) is 0 Å². The number of nitrogens with zero attached hydrogens (tertiary/aromatic N) is 2. The van der Waals surface area contributed by atoms with Gasteiger partial charge in [0.05, 0.1) is 5.92 Å². The molecule has 0 spiro atoms. The molecule has 1 aliphatic carbocycles. The molecule has 0 aromatic carbocycles. The smallest absolute Gasteiger partial charge is 0.227 e. The summed E-state index contributed by atoms with van der Waals surface area (Å²) >= 11 is 0. The second-order valence-corrected chi connectivity index (χ2v) is 6.32. The zero-order chi connectivity index (χ0) is 13.7. The van der Waals surface area contributed by atoms with Crippen LogP contribution in [0.2, 0.25) is 0 Å². The van der Waals surface area contributed by atoms with Crippen LogP contribution in [0.3, 0.4) is 0 Å². The fourth-order valence-electron chi connectivity index (χ4n) is 3.29. The monoisotopic (exact) mass is 267 g/mol. The van der Waals surface area contributed by atoms with E-state index in [-0.39, 0.29) is 5.92 Å². The minimum absolute atomic E-state index is 0.219. The van der Waals surface area contributed by atoms with Gasteiger partial charge in [0.25, 0.3) is 0 Å². The Morgan fingerprint density at radius 2 is 1.84 bits per heavy atom. The molecule has 2 fully saturated rings. The lowest BCUT2D eigenvalue weighted by molar-refractivity contribution is -0.138. The Balaban J connectivity index is 1.95. The molecule has 0 aromatic heterocycles. The van der Waals surface area contributed by atoms with Crippen LogP contribution >= 0.6 is 0 Å². The Bertz CT molecular complexity index is 281. The molecule has 1 atom stereocenters. The van der Waals surface area contributed by atoms with E-state index in [0.717, 1.165) is 39.0 Å². The summed E-state index contributed by atoms with van der Waals surface area (Å²) in [5.74, 6) is 0.623. The summed E-state index contributed by atoms with van der Waals surface area (Å²) in [7, 11) is 4.17. The van der Waals surface area contributed by atoms with E-state index in [1.165, 1.54) is 25.7 Å². The van der Waals surface area contributed by atoms with Crippen LogP contribution in [0.1, 0.15) is 38.5 Å². The molecular formula is C15H29N3O. The zero-order valence-corrected chi connectivity index (χ0v) is 12.5. The predicted molar refractivity (Wildman–Crippen MR) is 78.1 cm³/mol. The van der Waals surface area contributed by atoms with Crippen molar-refractivity contribution in [3.63, 3.8) is 0 Å². The molecule has 1 aliphatic heterocycles. The molecule has 1 heterocycles. The lowest BCUT2D eigenvalue weighted by atomic mass is 9.97. The SMILES string of the molecule is CN(C)CCN(C(=O)[C@@H]1CCCNC1)C1CCCC1. The highest BCUT2D eigenvalue weighted by Gasteiger charge is 2.31. The summed E-state index contributed by atoms with van der Waals surface area (Å²) in [5, 5.41) is 3.37. The van der Waals surface area contributed by atoms with Gasteiger partial charge in [-0.2, -0.15) is 0 Å². The Morgan fingerprint density at radius 3 is 2.42 bits per heavy atom. The molecule has 110 valence electrons. The van der Waals surface area contributed by atoms with E-state index in [1.54, 1.807) is 0 Å². The molecule has 0 radical (unpaired) electrons. The molecule has 1 saturated carbocycles. The minimum Gasteiger partial charge on any atom is -0.338 e. The van der Waals surface area contributed by atoms with E-state index >= 15 is 0 Å². The average Bonchev–Trinajstić information content (AvgIpc) is 2.93. The van der Waals surface area contributed by atoms with Crippen molar-refractivity contribution >= 4 is 5.91 Å². The second-order valence-electron chi connectivity index (χ2n) is 6.32.